The molecular weight excluding hydrogens is 528 g/mol. The van der Waals surface area contributed by atoms with Crippen LogP contribution in [0.5, 0.6) is 5.88 Å². The van der Waals surface area contributed by atoms with Crippen LogP contribution >= 0.6 is 24.0 Å². The topological polar surface area (TPSA) is 99.2 Å². The largest absolute Gasteiger partial charge is 0.493 e. The molecule has 0 aliphatic carbocycles. The number of nitrogens with one attached hydrogen (secondary N) is 1. The van der Waals surface area contributed by atoms with Gasteiger partial charge in [0, 0.05) is 29.1 Å². The zero-order valence-corrected chi connectivity index (χ0v) is 23.5. The summed E-state index contributed by atoms with van der Waals surface area (Å²) in [4.78, 5) is 12.1. The molecule has 0 saturated heterocycles. The van der Waals surface area contributed by atoms with Crippen LogP contribution < -0.4 is 5.32 Å². The Morgan fingerprint density at radius 1 is 1.03 bits per heavy atom. The van der Waals surface area contributed by atoms with Crippen molar-refractivity contribution in [1.82, 2.24) is 9.88 Å². The lowest BCUT2D eigenvalue weighted by Gasteiger charge is -2.07. The monoisotopic (exact) mass is 560 g/mol. The number of azo groups is 1. The molecule has 0 atom stereocenters. The first-order valence-electron chi connectivity index (χ1n) is 13.0. The molecule has 1 heterocycles. The van der Waals surface area contributed by atoms with Crippen LogP contribution in [-0.4, -0.2) is 31.6 Å². The first kappa shape index (κ1) is 28.3. The van der Waals surface area contributed by atoms with Gasteiger partial charge in [-0.3, -0.25) is 0 Å². The molecule has 4 aromatic rings. The van der Waals surface area contributed by atoms with E-state index >= 15 is 0 Å². The van der Waals surface area contributed by atoms with Gasteiger partial charge in [-0.05, 0) is 66.5 Å². The van der Waals surface area contributed by atoms with Crippen molar-refractivity contribution in [2.45, 2.75) is 50.6 Å². The molecule has 1 aromatic heterocycles. The lowest BCUT2D eigenvalue weighted by molar-refractivity contribution is 0.0697. The quantitative estimate of drug-likeness (QED) is 0.0710. The number of carbonyl (C=O) groups is 1. The SMILES string of the molecule is CCCCCn1c(O)c(N=NC(=S)NCc2ccccc2)c2cc(SCCc3ccc(C(=O)O)cc3)ccc21. The number of carboxylic acids is 1. The Morgan fingerprint density at radius 3 is 2.51 bits per heavy atom. The van der Waals surface area contributed by atoms with E-state index in [1.54, 1.807) is 23.9 Å². The molecule has 0 fully saturated rings. The lowest BCUT2D eigenvalue weighted by atomic mass is 10.1. The van der Waals surface area contributed by atoms with E-state index in [0.29, 0.717) is 18.8 Å². The van der Waals surface area contributed by atoms with E-state index in [9.17, 15) is 9.90 Å². The maximum atomic E-state index is 11.1. The second-order valence-corrected chi connectivity index (χ2v) is 10.7. The predicted molar refractivity (Wildman–Crippen MR) is 161 cm³/mol. The van der Waals surface area contributed by atoms with Crippen LogP contribution in [0.1, 0.15) is 47.7 Å². The highest BCUT2D eigenvalue weighted by Gasteiger charge is 2.17. The minimum atomic E-state index is -0.921. The molecule has 3 N–H and O–H groups in total. The molecule has 0 aliphatic rings. The number of aromatic nitrogens is 1. The Balaban J connectivity index is 1.50. The highest BCUT2D eigenvalue weighted by Crippen LogP contribution is 2.41. The van der Waals surface area contributed by atoms with Crippen molar-refractivity contribution in [2.75, 3.05) is 5.75 Å². The third-order valence-corrected chi connectivity index (χ3v) is 7.58. The molecule has 0 saturated carbocycles. The van der Waals surface area contributed by atoms with Gasteiger partial charge in [0.05, 0.1) is 11.1 Å². The van der Waals surface area contributed by atoms with Crippen molar-refractivity contribution in [2.24, 2.45) is 10.2 Å². The number of nitrogens with zero attached hydrogens (tertiary/aromatic N) is 3. The number of carboxylic acid groups (broad SMARTS) is 1. The molecular formula is C30H32N4O3S2. The average molecular weight is 561 g/mol. The molecule has 9 heteroatoms. The summed E-state index contributed by atoms with van der Waals surface area (Å²) in [5.41, 5.74) is 3.78. The Hall–Kier alpha value is -3.69. The molecule has 4 rings (SSSR count). The van der Waals surface area contributed by atoms with E-state index in [-0.39, 0.29) is 16.6 Å². The minimum Gasteiger partial charge on any atom is -0.493 e. The molecule has 0 amide bonds. The number of fused-ring (bicyclic) bond motifs is 1. The fourth-order valence-corrected chi connectivity index (χ4v) is 5.29. The molecule has 39 heavy (non-hydrogen) atoms. The van der Waals surface area contributed by atoms with E-state index in [0.717, 1.165) is 58.4 Å². The number of thioether (sulfide) groups is 1. The van der Waals surface area contributed by atoms with Crippen molar-refractivity contribution in [3.05, 3.63) is 89.5 Å². The van der Waals surface area contributed by atoms with Gasteiger partial charge in [0.15, 0.2) is 5.69 Å². The maximum Gasteiger partial charge on any atom is 0.335 e. The van der Waals surface area contributed by atoms with Crippen LogP contribution in [0, 0.1) is 0 Å². The number of hydrogen-bond donors (Lipinski definition) is 3. The van der Waals surface area contributed by atoms with Gasteiger partial charge in [-0.15, -0.1) is 22.0 Å². The lowest BCUT2D eigenvalue weighted by Crippen LogP contribution is -2.18. The number of benzene rings is 3. The summed E-state index contributed by atoms with van der Waals surface area (Å²) in [7, 11) is 0. The molecule has 7 nitrogen and oxygen atoms in total. The minimum absolute atomic E-state index is 0.0939. The number of aromatic carboxylic acids is 1. The highest BCUT2D eigenvalue weighted by molar-refractivity contribution is 7.99. The smallest absolute Gasteiger partial charge is 0.335 e. The molecule has 3 aromatic carbocycles. The van der Waals surface area contributed by atoms with Gasteiger partial charge in [0.1, 0.15) is 0 Å². The van der Waals surface area contributed by atoms with Crippen molar-refractivity contribution in [3.8, 4) is 5.88 Å². The Kier molecular flexibility index (Phi) is 10.1. The van der Waals surface area contributed by atoms with Crippen molar-refractivity contribution >= 4 is 51.7 Å². The van der Waals surface area contributed by atoms with Crippen molar-refractivity contribution in [3.63, 3.8) is 0 Å². The summed E-state index contributed by atoms with van der Waals surface area (Å²) in [5, 5.41) is 33.0. The van der Waals surface area contributed by atoms with E-state index in [4.69, 9.17) is 17.3 Å². The fourth-order valence-electron chi connectivity index (χ4n) is 4.24. The Labute approximate surface area is 238 Å². The molecule has 0 unspecified atom stereocenters. The van der Waals surface area contributed by atoms with Crippen LogP contribution in [0.2, 0.25) is 0 Å². The summed E-state index contributed by atoms with van der Waals surface area (Å²) in [5.74, 6) is -0.00275. The summed E-state index contributed by atoms with van der Waals surface area (Å²) in [6, 6.07) is 23.0. The zero-order chi connectivity index (χ0) is 27.6. The summed E-state index contributed by atoms with van der Waals surface area (Å²) in [6.07, 6.45) is 3.93. The van der Waals surface area contributed by atoms with Crippen LogP contribution in [0.4, 0.5) is 5.69 Å². The van der Waals surface area contributed by atoms with Crippen molar-refractivity contribution in [1.29, 1.82) is 0 Å². The predicted octanol–water partition coefficient (Wildman–Crippen LogP) is 7.73. The third kappa shape index (κ3) is 7.68. The number of unbranched alkanes of at least 4 members (excludes halogenated alkanes) is 2. The standard InChI is InChI=1S/C30H32N4O3S2/c1-2-3-7-17-34-26-15-14-24(39-18-16-21-10-12-23(13-11-21)29(36)37)19-25(26)27(28(34)35)32-33-30(38)31-20-22-8-5-4-6-9-22/h4-6,8-15,19,35H,2-3,7,16-18,20H2,1H3,(H,31,38)(H,36,37). The van der Waals surface area contributed by atoms with Gasteiger partial charge in [0.25, 0.3) is 0 Å². The van der Waals surface area contributed by atoms with Crippen LogP contribution in [0.15, 0.2) is 87.9 Å². The fraction of sp³-hybridized carbons (Fsp3) is 0.267. The first-order valence-corrected chi connectivity index (χ1v) is 14.4. The molecule has 0 radical (unpaired) electrons. The first-order chi connectivity index (χ1) is 19.0. The van der Waals surface area contributed by atoms with E-state index in [2.05, 4.69) is 28.5 Å². The van der Waals surface area contributed by atoms with Gasteiger partial charge >= 0.3 is 5.97 Å². The summed E-state index contributed by atoms with van der Waals surface area (Å²) in [6.45, 7) is 3.39. The summed E-state index contributed by atoms with van der Waals surface area (Å²) < 4.78 is 1.90. The van der Waals surface area contributed by atoms with Gasteiger partial charge < -0.3 is 20.1 Å². The zero-order valence-electron chi connectivity index (χ0n) is 21.8. The van der Waals surface area contributed by atoms with Crippen LogP contribution in [-0.2, 0) is 19.5 Å². The van der Waals surface area contributed by atoms with Gasteiger partial charge in [-0.2, -0.15) is 0 Å². The van der Waals surface area contributed by atoms with Crippen LogP contribution in [0.25, 0.3) is 10.9 Å². The number of hydrogen-bond acceptors (Lipinski definition) is 5. The molecule has 0 spiro atoms. The second-order valence-electron chi connectivity index (χ2n) is 9.15. The van der Waals surface area contributed by atoms with Gasteiger partial charge in [-0.1, -0.05) is 62.2 Å². The van der Waals surface area contributed by atoms with E-state index < -0.39 is 5.97 Å². The number of rotatable bonds is 12. The highest BCUT2D eigenvalue weighted by atomic mass is 32.2. The molecule has 202 valence electrons. The number of thiocarbonyl (C=S) groups is 1. The molecule has 0 aliphatic heterocycles. The van der Waals surface area contributed by atoms with Gasteiger partial charge in [0.2, 0.25) is 11.0 Å². The van der Waals surface area contributed by atoms with E-state index in [1.165, 1.54) is 0 Å². The summed E-state index contributed by atoms with van der Waals surface area (Å²) >= 11 is 7.06. The van der Waals surface area contributed by atoms with Gasteiger partial charge in [-0.25, -0.2) is 4.79 Å². The van der Waals surface area contributed by atoms with Crippen LogP contribution in [0.3, 0.4) is 0 Å². The second kappa shape index (κ2) is 13.9. The Bertz CT molecular complexity index is 1450. The third-order valence-electron chi connectivity index (χ3n) is 6.35. The maximum absolute atomic E-state index is 11.1. The normalized spacial score (nSPS) is 11.3. The van der Waals surface area contributed by atoms with Crippen molar-refractivity contribution < 1.29 is 15.0 Å². The number of aryl methyl sites for hydroxylation is 2. The Morgan fingerprint density at radius 2 is 1.79 bits per heavy atom. The molecule has 0 bridgehead atoms. The average Bonchev–Trinajstić information content (AvgIpc) is 3.21. The number of aromatic hydroxyl groups is 1. The van der Waals surface area contributed by atoms with E-state index in [1.807, 2.05) is 59.2 Å².